The molecule has 0 saturated carbocycles. The van der Waals surface area contributed by atoms with Crippen molar-refractivity contribution < 1.29 is 8.78 Å². The van der Waals surface area contributed by atoms with E-state index >= 15 is 0 Å². The fraction of sp³-hybridized carbons (Fsp3) is 0.0909. The van der Waals surface area contributed by atoms with Gasteiger partial charge < -0.3 is 0 Å². The Morgan fingerprint density at radius 3 is 2.53 bits per heavy atom. The monoisotopic (exact) mass is 238 g/mol. The summed E-state index contributed by atoms with van der Waals surface area (Å²) in [6.45, 7) is 0. The summed E-state index contributed by atoms with van der Waals surface area (Å²) in [6.07, 6.45) is 1.11. The van der Waals surface area contributed by atoms with E-state index in [1.54, 1.807) is 0 Å². The van der Waals surface area contributed by atoms with Crippen molar-refractivity contribution in [1.29, 1.82) is 0 Å². The highest BCUT2D eigenvalue weighted by Crippen LogP contribution is 2.13. The van der Waals surface area contributed by atoms with Crippen LogP contribution in [0.5, 0.6) is 0 Å². The van der Waals surface area contributed by atoms with E-state index in [4.69, 9.17) is 0 Å². The molecule has 0 aliphatic carbocycles. The van der Waals surface area contributed by atoms with Gasteiger partial charge in [-0.05, 0) is 12.1 Å². The third kappa shape index (κ3) is 1.77. The quantitative estimate of drug-likeness (QED) is 0.738. The summed E-state index contributed by atoms with van der Waals surface area (Å²) in [6, 6.07) is 4.59. The molecule has 0 saturated heterocycles. The van der Waals surface area contributed by atoms with Gasteiger partial charge in [-0.25, -0.2) is 13.6 Å². The molecule has 0 aliphatic rings. The largest absolute Gasteiger partial charge is 0.335 e. The molecule has 0 spiro atoms. The molecule has 0 radical (unpaired) electrons. The zero-order valence-corrected chi connectivity index (χ0v) is 8.85. The van der Waals surface area contributed by atoms with Gasteiger partial charge in [0.2, 0.25) is 0 Å². The minimum absolute atomic E-state index is 0.231. The minimum Gasteiger partial charge on any atom is -0.269 e. The molecule has 88 valence electrons. The smallest absolute Gasteiger partial charge is 0.269 e. The zero-order chi connectivity index (χ0) is 12.6. The molecule has 0 amide bonds. The Balaban J connectivity index is 2.79. The molecule has 0 bridgehead atoms. The topological polar surface area (TPSA) is 44.0 Å². The second kappa shape index (κ2) is 3.97. The third-order valence-electron chi connectivity index (χ3n) is 2.38. The average Bonchev–Trinajstić information content (AvgIpc) is 2.31. The van der Waals surface area contributed by atoms with Crippen LogP contribution in [0.25, 0.3) is 5.69 Å². The van der Waals surface area contributed by atoms with Gasteiger partial charge in [0.1, 0.15) is 0 Å². The van der Waals surface area contributed by atoms with Crippen LogP contribution in [0.15, 0.2) is 40.1 Å². The van der Waals surface area contributed by atoms with Gasteiger partial charge in [0.25, 0.3) is 5.56 Å². The first-order chi connectivity index (χ1) is 8.02. The molecule has 17 heavy (non-hydrogen) atoms. The molecule has 0 fully saturated rings. The normalized spacial score (nSPS) is 10.5. The number of aromatic nitrogens is 2. The highest BCUT2D eigenvalue weighted by atomic mass is 19.2. The van der Waals surface area contributed by atoms with Gasteiger partial charge in [0.05, 0.1) is 5.69 Å². The van der Waals surface area contributed by atoms with Crippen LogP contribution in [-0.2, 0) is 7.05 Å². The molecule has 0 aliphatic heterocycles. The molecule has 2 aromatic rings. The van der Waals surface area contributed by atoms with Crippen LogP contribution < -0.4 is 11.2 Å². The summed E-state index contributed by atoms with van der Waals surface area (Å²) >= 11 is 0. The van der Waals surface area contributed by atoms with Crippen molar-refractivity contribution in [1.82, 2.24) is 9.13 Å². The summed E-state index contributed by atoms with van der Waals surface area (Å²) in [7, 11) is 1.26. The summed E-state index contributed by atoms with van der Waals surface area (Å²) in [4.78, 5) is 22.8. The Labute approximate surface area is 94.4 Å². The standard InChI is InChI=1S/C11H8F2N2O2/c1-14-9(16)5-6-15(11(14)17)8-4-2-3-7(12)10(8)13/h2-6H,1H3. The second-order valence-electron chi connectivity index (χ2n) is 3.44. The maximum Gasteiger partial charge on any atom is 0.335 e. The van der Waals surface area contributed by atoms with Crippen LogP contribution in [0.1, 0.15) is 0 Å². The second-order valence-corrected chi connectivity index (χ2v) is 3.44. The number of benzene rings is 1. The summed E-state index contributed by atoms with van der Waals surface area (Å²) in [5.41, 5.74) is -1.48. The summed E-state index contributed by atoms with van der Waals surface area (Å²) < 4.78 is 28.2. The number of hydrogen-bond acceptors (Lipinski definition) is 2. The van der Waals surface area contributed by atoms with Crippen molar-refractivity contribution >= 4 is 0 Å². The predicted octanol–water partition coefficient (Wildman–Crippen LogP) is 0.814. The molecule has 2 rings (SSSR count). The van der Waals surface area contributed by atoms with Crippen molar-refractivity contribution in [3.63, 3.8) is 0 Å². The van der Waals surface area contributed by atoms with Crippen LogP contribution in [0.2, 0.25) is 0 Å². The molecular formula is C11H8F2N2O2. The molecular weight excluding hydrogens is 230 g/mol. The molecule has 0 unspecified atom stereocenters. The van der Waals surface area contributed by atoms with Crippen molar-refractivity contribution in [2.45, 2.75) is 0 Å². The van der Waals surface area contributed by atoms with E-state index in [1.807, 2.05) is 0 Å². The Bertz CT molecular complexity index is 689. The summed E-state index contributed by atoms with van der Waals surface area (Å²) in [5, 5.41) is 0. The van der Waals surface area contributed by atoms with Gasteiger partial charge in [0, 0.05) is 19.3 Å². The van der Waals surface area contributed by atoms with Gasteiger partial charge in [0.15, 0.2) is 11.6 Å². The first-order valence-corrected chi connectivity index (χ1v) is 4.75. The number of hydrogen-bond donors (Lipinski definition) is 0. The summed E-state index contributed by atoms with van der Waals surface area (Å²) in [5.74, 6) is -2.18. The zero-order valence-electron chi connectivity index (χ0n) is 8.85. The van der Waals surface area contributed by atoms with Crippen LogP contribution in [-0.4, -0.2) is 9.13 Å². The van der Waals surface area contributed by atoms with Gasteiger partial charge in [-0.15, -0.1) is 0 Å². The van der Waals surface area contributed by atoms with Crippen molar-refractivity contribution in [3.8, 4) is 5.69 Å². The van der Waals surface area contributed by atoms with Crippen LogP contribution in [0, 0.1) is 11.6 Å². The van der Waals surface area contributed by atoms with Crippen molar-refractivity contribution in [3.05, 3.63) is 62.9 Å². The highest BCUT2D eigenvalue weighted by molar-refractivity contribution is 5.33. The fourth-order valence-corrected chi connectivity index (χ4v) is 1.43. The van der Waals surface area contributed by atoms with E-state index < -0.39 is 22.9 Å². The van der Waals surface area contributed by atoms with Crippen LogP contribution in [0.4, 0.5) is 8.78 Å². The van der Waals surface area contributed by atoms with E-state index in [9.17, 15) is 18.4 Å². The van der Waals surface area contributed by atoms with Crippen LogP contribution in [0.3, 0.4) is 0 Å². The van der Waals surface area contributed by atoms with E-state index in [1.165, 1.54) is 19.2 Å². The molecule has 1 aromatic heterocycles. The van der Waals surface area contributed by atoms with Crippen LogP contribution >= 0.6 is 0 Å². The van der Waals surface area contributed by atoms with E-state index in [0.29, 0.717) is 0 Å². The lowest BCUT2D eigenvalue weighted by Crippen LogP contribution is -2.36. The van der Waals surface area contributed by atoms with Gasteiger partial charge in [-0.3, -0.25) is 13.9 Å². The Morgan fingerprint density at radius 2 is 1.82 bits per heavy atom. The van der Waals surface area contributed by atoms with E-state index in [2.05, 4.69) is 0 Å². The molecule has 0 N–H and O–H groups in total. The maximum atomic E-state index is 13.5. The van der Waals surface area contributed by atoms with E-state index in [-0.39, 0.29) is 5.69 Å². The molecule has 4 nitrogen and oxygen atoms in total. The molecule has 0 atom stereocenters. The first kappa shape index (κ1) is 11.3. The molecule has 6 heteroatoms. The van der Waals surface area contributed by atoms with Gasteiger partial charge in [-0.2, -0.15) is 0 Å². The van der Waals surface area contributed by atoms with E-state index in [0.717, 1.165) is 27.5 Å². The number of halogens is 2. The fourth-order valence-electron chi connectivity index (χ4n) is 1.43. The lowest BCUT2D eigenvalue weighted by molar-refractivity contribution is 0.502. The van der Waals surface area contributed by atoms with Crippen molar-refractivity contribution in [2.24, 2.45) is 7.05 Å². The third-order valence-corrected chi connectivity index (χ3v) is 2.38. The Kier molecular flexibility index (Phi) is 2.63. The predicted molar refractivity (Wildman–Crippen MR) is 57.2 cm³/mol. The Morgan fingerprint density at radius 1 is 1.12 bits per heavy atom. The van der Waals surface area contributed by atoms with Crippen molar-refractivity contribution in [2.75, 3.05) is 0 Å². The molecule has 1 aromatic carbocycles. The lowest BCUT2D eigenvalue weighted by Gasteiger charge is -2.08. The van der Waals surface area contributed by atoms with Gasteiger partial charge >= 0.3 is 5.69 Å². The highest BCUT2D eigenvalue weighted by Gasteiger charge is 2.11. The number of nitrogens with zero attached hydrogens (tertiary/aromatic N) is 2. The average molecular weight is 238 g/mol. The lowest BCUT2D eigenvalue weighted by atomic mass is 10.3. The minimum atomic E-state index is -1.13. The van der Waals surface area contributed by atoms with Gasteiger partial charge in [-0.1, -0.05) is 6.07 Å². The SMILES string of the molecule is Cn1c(=O)ccn(-c2cccc(F)c2F)c1=O. The maximum absolute atomic E-state index is 13.5. The molecule has 1 heterocycles. The first-order valence-electron chi connectivity index (χ1n) is 4.75. The Hall–Kier alpha value is -2.24. The number of rotatable bonds is 1.